The number of fused-ring (bicyclic) bond motifs is 4. The highest BCUT2D eigenvalue weighted by Gasteiger charge is 2.73. The zero-order chi connectivity index (χ0) is 41.5. The predicted octanol–water partition coefficient (Wildman–Crippen LogP) is 8.61. The van der Waals surface area contributed by atoms with E-state index in [1.165, 1.54) is 6.07 Å². The van der Waals surface area contributed by atoms with Crippen LogP contribution >= 0.6 is 0 Å². The summed E-state index contributed by atoms with van der Waals surface area (Å²) in [6.07, 6.45) is -0.513. The summed E-state index contributed by atoms with van der Waals surface area (Å²) in [5, 5.41) is 19.3. The molecule has 15 heteroatoms. The molecule has 14 nitrogen and oxygen atoms in total. The third-order valence-electron chi connectivity index (χ3n) is 11.4. The number of benzene rings is 1. The molecule has 2 N–H and O–H groups in total. The molecule has 6 atom stereocenters. The van der Waals surface area contributed by atoms with Gasteiger partial charge < -0.3 is 43.1 Å². The SMILES string of the molecule is CCCCOC(=O)O[C@H]1[C@H]2C(=C(O)c3c(OC(=O)OC(C)(C)C)cccc3[C@@H]2C)C(=O)[C@]2(O[Si](C)(C)C(C)(C)C)C(=O)c3c(OCCCC)noc3[C@@H](NC)[C@H]12. The van der Waals surface area contributed by atoms with Gasteiger partial charge in [-0.15, -0.1) is 0 Å². The minimum absolute atomic E-state index is 0.0613. The number of carbonyl (C=O) groups excluding carboxylic acids is 4. The van der Waals surface area contributed by atoms with Gasteiger partial charge in [0.2, 0.25) is 11.6 Å². The van der Waals surface area contributed by atoms with Crippen LogP contribution in [0.4, 0.5) is 9.59 Å². The highest BCUT2D eigenvalue weighted by atomic mass is 28.4. The highest BCUT2D eigenvalue weighted by Crippen LogP contribution is 2.61. The Morgan fingerprint density at radius 2 is 1.64 bits per heavy atom. The third kappa shape index (κ3) is 7.61. The van der Waals surface area contributed by atoms with Gasteiger partial charge >= 0.3 is 12.3 Å². The zero-order valence-corrected chi connectivity index (χ0v) is 35.7. The molecular weight excluding hydrogens is 741 g/mol. The summed E-state index contributed by atoms with van der Waals surface area (Å²) >= 11 is 0. The fourth-order valence-corrected chi connectivity index (χ4v) is 9.08. The molecule has 0 bridgehead atoms. The van der Waals surface area contributed by atoms with Gasteiger partial charge in [-0.3, -0.25) is 9.59 Å². The van der Waals surface area contributed by atoms with E-state index in [-0.39, 0.29) is 47.3 Å². The quantitative estimate of drug-likeness (QED) is 0.0684. The van der Waals surface area contributed by atoms with Crippen LogP contribution < -0.4 is 14.8 Å². The van der Waals surface area contributed by atoms with E-state index in [2.05, 4.69) is 10.5 Å². The summed E-state index contributed by atoms with van der Waals surface area (Å²) in [6.45, 7) is 20.9. The molecular formula is C41H58N2O12Si. The van der Waals surface area contributed by atoms with Gasteiger partial charge in [-0.2, -0.15) is 0 Å². The molecule has 0 saturated heterocycles. The molecule has 1 aromatic heterocycles. The molecule has 56 heavy (non-hydrogen) atoms. The van der Waals surface area contributed by atoms with Crippen molar-refractivity contribution < 1.29 is 56.9 Å². The number of rotatable bonds is 12. The Bertz CT molecular complexity index is 1870. The number of ether oxygens (including phenoxy) is 5. The van der Waals surface area contributed by atoms with Crippen LogP contribution in [-0.4, -0.2) is 80.0 Å². The number of nitrogens with zero attached hydrogens (tertiary/aromatic N) is 1. The van der Waals surface area contributed by atoms with Crippen LogP contribution in [0.3, 0.4) is 0 Å². The monoisotopic (exact) mass is 798 g/mol. The van der Waals surface area contributed by atoms with Gasteiger partial charge in [0.05, 0.1) is 30.7 Å². The number of nitrogens with one attached hydrogen (secondary N) is 1. The average molecular weight is 799 g/mol. The van der Waals surface area contributed by atoms with E-state index in [9.17, 15) is 14.7 Å². The van der Waals surface area contributed by atoms with Crippen molar-refractivity contribution in [3.8, 4) is 11.6 Å². The van der Waals surface area contributed by atoms with Gasteiger partial charge in [0, 0.05) is 11.5 Å². The number of aliphatic hydroxyl groups excluding tert-OH is 1. The highest BCUT2D eigenvalue weighted by molar-refractivity contribution is 6.74. The number of aliphatic hydroxyl groups is 1. The van der Waals surface area contributed by atoms with E-state index < -0.39 is 84.1 Å². The average Bonchev–Trinajstić information content (AvgIpc) is 3.51. The smallest absolute Gasteiger partial charge is 0.507 e. The predicted molar refractivity (Wildman–Crippen MR) is 208 cm³/mol. The van der Waals surface area contributed by atoms with E-state index >= 15 is 9.59 Å². The minimum atomic E-state index is -3.13. The Morgan fingerprint density at radius 1 is 0.982 bits per heavy atom. The van der Waals surface area contributed by atoms with Crippen molar-refractivity contribution in [1.82, 2.24) is 10.5 Å². The maximum atomic E-state index is 15.9. The van der Waals surface area contributed by atoms with Gasteiger partial charge in [-0.05, 0) is 81.5 Å². The lowest BCUT2D eigenvalue weighted by Crippen LogP contribution is -2.72. The standard InChI is InChI=1S/C41H58N2O12Si/c1-13-15-20-49-36-28-33(54-43-36)30(42-10)29-32(52-37(47)50-21-16-14-2)25-22(3)23-18-17-19-24(51-38(48)53-39(4,5)6)26(23)31(44)27(25)34(45)41(29,35(28)46)55-56(11,12)40(7,8)9/h17-19,22,25,29-30,32,42,44H,13-16,20-21H2,1-12H3/t22-,25+,29+,30-,32-,41-/m0/s1. The van der Waals surface area contributed by atoms with Gasteiger partial charge in [-0.25, -0.2) is 9.59 Å². The number of Topliss-reactive ketones (excluding diaryl/α,β-unsaturated/α-hetero) is 2. The largest absolute Gasteiger partial charge is 0.514 e. The van der Waals surface area contributed by atoms with Crippen molar-refractivity contribution in [2.24, 2.45) is 11.8 Å². The number of carbonyl (C=O) groups is 4. The lowest BCUT2D eigenvalue weighted by Gasteiger charge is -2.57. The van der Waals surface area contributed by atoms with Crippen LogP contribution in [0.1, 0.15) is 127 Å². The Balaban J connectivity index is 1.83. The summed E-state index contributed by atoms with van der Waals surface area (Å²) < 4.78 is 42.0. The summed E-state index contributed by atoms with van der Waals surface area (Å²) in [6, 6.07) is 3.90. The molecule has 3 aliphatic rings. The van der Waals surface area contributed by atoms with Gasteiger partial charge in [0.25, 0.3) is 5.88 Å². The van der Waals surface area contributed by atoms with E-state index in [0.717, 1.165) is 12.8 Å². The summed E-state index contributed by atoms with van der Waals surface area (Å²) in [5.41, 5.74) is -2.96. The van der Waals surface area contributed by atoms with Crippen molar-refractivity contribution >= 4 is 38.0 Å². The molecule has 2 aromatic rings. The van der Waals surface area contributed by atoms with E-state index in [1.54, 1.807) is 40.0 Å². The van der Waals surface area contributed by atoms with E-state index in [0.29, 0.717) is 18.4 Å². The van der Waals surface area contributed by atoms with Crippen molar-refractivity contribution in [3.63, 3.8) is 0 Å². The molecule has 0 radical (unpaired) electrons. The topological polar surface area (TPSA) is 182 Å². The molecule has 308 valence electrons. The summed E-state index contributed by atoms with van der Waals surface area (Å²) in [7, 11) is -1.48. The Labute approximate surface area is 330 Å². The molecule has 1 aromatic carbocycles. The second-order valence-electron chi connectivity index (χ2n) is 17.4. The number of hydrogen-bond acceptors (Lipinski definition) is 14. The van der Waals surface area contributed by atoms with Gasteiger partial charge in [0.1, 0.15) is 28.8 Å². The summed E-state index contributed by atoms with van der Waals surface area (Å²) in [5.74, 6) is -5.09. The van der Waals surface area contributed by atoms with Crippen LogP contribution in [-0.2, 0) is 23.4 Å². The maximum absolute atomic E-state index is 15.9. The fraction of sp³-hybridized carbons (Fsp3) is 0.634. The van der Waals surface area contributed by atoms with Crippen molar-refractivity contribution in [3.05, 3.63) is 46.2 Å². The van der Waals surface area contributed by atoms with Crippen LogP contribution in [0.25, 0.3) is 5.76 Å². The fourth-order valence-electron chi connectivity index (χ4n) is 7.64. The van der Waals surface area contributed by atoms with E-state index in [1.807, 2.05) is 54.6 Å². The molecule has 0 aliphatic heterocycles. The Morgan fingerprint density at radius 3 is 2.25 bits per heavy atom. The van der Waals surface area contributed by atoms with Crippen LogP contribution in [0, 0.1) is 11.8 Å². The lowest BCUT2D eigenvalue weighted by molar-refractivity contribution is -0.153. The normalized spacial score (nSPS) is 24.8. The number of aromatic nitrogens is 1. The van der Waals surface area contributed by atoms with Gasteiger partial charge in [0.15, 0.2) is 19.7 Å². The second kappa shape index (κ2) is 16.0. The van der Waals surface area contributed by atoms with Crippen molar-refractivity contribution in [2.75, 3.05) is 20.3 Å². The van der Waals surface area contributed by atoms with Crippen LogP contribution in [0.5, 0.6) is 11.6 Å². The Kier molecular flexibility index (Phi) is 12.2. The molecule has 1 heterocycles. The first-order valence-corrected chi connectivity index (χ1v) is 22.5. The van der Waals surface area contributed by atoms with Crippen molar-refractivity contribution in [1.29, 1.82) is 0 Å². The number of unbranched alkanes of at least 4 members (excludes halogenated alkanes) is 2. The molecule has 0 amide bonds. The molecule has 3 aliphatic carbocycles. The molecule has 0 unspecified atom stereocenters. The zero-order valence-electron chi connectivity index (χ0n) is 34.7. The number of ketones is 2. The number of hydrogen-bond donors (Lipinski definition) is 2. The minimum Gasteiger partial charge on any atom is -0.507 e. The van der Waals surface area contributed by atoms with Crippen LogP contribution in [0.2, 0.25) is 18.1 Å². The second-order valence-corrected chi connectivity index (χ2v) is 22.1. The molecule has 1 fully saturated rings. The first-order chi connectivity index (χ1) is 26.2. The molecule has 0 spiro atoms. The molecule has 5 rings (SSSR count). The maximum Gasteiger partial charge on any atom is 0.514 e. The van der Waals surface area contributed by atoms with Crippen molar-refractivity contribution in [2.45, 2.75) is 135 Å². The molecule has 1 saturated carbocycles. The summed E-state index contributed by atoms with van der Waals surface area (Å²) in [4.78, 5) is 58.1. The first-order valence-electron chi connectivity index (χ1n) is 19.6. The third-order valence-corrected chi connectivity index (χ3v) is 15.8. The lowest BCUT2D eigenvalue weighted by atomic mass is 9.54. The van der Waals surface area contributed by atoms with E-state index in [4.69, 9.17) is 32.6 Å². The Hall–Kier alpha value is -4.21. The van der Waals surface area contributed by atoms with Crippen LogP contribution in [0.15, 0.2) is 28.3 Å². The first kappa shape index (κ1) is 42.9. The van der Waals surface area contributed by atoms with Gasteiger partial charge in [-0.1, -0.05) is 66.5 Å².